The van der Waals surface area contributed by atoms with E-state index in [-0.39, 0.29) is 13.0 Å². The van der Waals surface area contributed by atoms with E-state index in [9.17, 15) is 45.3 Å². The average molecular weight is 999 g/mol. The maximum absolute atomic E-state index is 12.9. The van der Waals surface area contributed by atoms with Gasteiger partial charge in [-0.2, -0.15) is 0 Å². The van der Waals surface area contributed by atoms with E-state index >= 15 is 0 Å². The summed E-state index contributed by atoms with van der Waals surface area (Å²) in [6.45, 7) is 2.49. The van der Waals surface area contributed by atoms with Gasteiger partial charge in [-0.15, -0.1) is 0 Å². The molecule has 2 rings (SSSR count). The van der Waals surface area contributed by atoms with Gasteiger partial charge in [-0.1, -0.05) is 185 Å². The summed E-state index contributed by atoms with van der Waals surface area (Å²) in [6, 6.07) is 0. The van der Waals surface area contributed by atoms with Gasteiger partial charge in [0.2, 0.25) is 0 Å². The van der Waals surface area contributed by atoms with Crippen LogP contribution in [0.3, 0.4) is 0 Å². The van der Waals surface area contributed by atoms with E-state index in [4.69, 9.17) is 28.4 Å². The van der Waals surface area contributed by atoms with E-state index in [2.05, 4.69) is 26.0 Å². The Hall–Kier alpha value is -2.28. The number of allylic oxidation sites excluding steroid dienone is 5. The van der Waals surface area contributed by atoms with Crippen molar-refractivity contribution >= 4 is 11.9 Å². The highest BCUT2D eigenvalue weighted by atomic mass is 16.7. The van der Waals surface area contributed by atoms with Gasteiger partial charge >= 0.3 is 11.9 Å². The van der Waals surface area contributed by atoms with Crippen LogP contribution in [0.2, 0.25) is 0 Å². The van der Waals surface area contributed by atoms with Crippen molar-refractivity contribution in [2.24, 2.45) is 0 Å². The maximum atomic E-state index is 12.9. The molecule has 15 nitrogen and oxygen atoms in total. The molecule has 0 aromatic rings. The standard InChI is InChI=1S/C55H98O15/c1-3-5-7-9-11-13-15-17-19-20-21-22-24-25-27-29-31-33-35-37-46(57)65-40-43(68-47(58)38-36-34-32-30-28-26-23-18-16-14-12-10-8-6-4-2)41-66-54-53(64)51(62)49(60)45(70-54)42-67-55-52(63)50(61)48(59)44(39-56)69-55/h17,19,32,34,36,38,43-45,48-56,59-64H,3-16,18,20-31,33,35,37,39-42H2,1-2H3/b19-17+,34-32+,38-36+/t43-,44+,45+,48-,49-,50?,51?,52?,53?,54+,55+/m0/s1. The highest BCUT2D eigenvalue weighted by Crippen LogP contribution is 2.26. The lowest BCUT2D eigenvalue weighted by Gasteiger charge is -2.42. The number of carbonyl (C=O) groups is 2. The molecule has 0 bridgehead atoms. The molecule has 2 fully saturated rings. The zero-order valence-electron chi connectivity index (χ0n) is 43.3. The second-order valence-corrected chi connectivity index (χ2v) is 19.5. The molecule has 2 aliphatic rings. The molecule has 70 heavy (non-hydrogen) atoms. The summed E-state index contributed by atoms with van der Waals surface area (Å²) in [5, 5.41) is 72.1. The topological polar surface area (TPSA) is 231 Å². The monoisotopic (exact) mass is 999 g/mol. The zero-order valence-corrected chi connectivity index (χ0v) is 43.3. The summed E-state index contributed by atoms with van der Waals surface area (Å²) in [7, 11) is 0. The maximum Gasteiger partial charge on any atom is 0.331 e. The summed E-state index contributed by atoms with van der Waals surface area (Å²) in [4.78, 5) is 25.7. The molecule has 4 unspecified atom stereocenters. The van der Waals surface area contributed by atoms with E-state index in [0.29, 0.717) is 6.42 Å². The minimum Gasteiger partial charge on any atom is -0.462 e. The van der Waals surface area contributed by atoms with Crippen molar-refractivity contribution in [1.82, 2.24) is 0 Å². The van der Waals surface area contributed by atoms with Crippen molar-refractivity contribution in [3.8, 4) is 0 Å². The third kappa shape index (κ3) is 29.4. The number of aliphatic hydroxyl groups is 7. The second kappa shape index (κ2) is 42.1. The minimum absolute atomic E-state index is 0.197. The zero-order chi connectivity index (χ0) is 51.0. The van der Waals surface area contributed by atoms with Gasteiger partial charge < -0.3 is 64.2 Å². The Morgan fingerprint density at radius 1 is 0.486 bits per heavy atom. The number of ether oxygens (including phenoxy) is 6. The number of rotatable bonds is 43. The third-order valence-corrected chi connectivity index (χ3v) is 13.2. The van der Waals surface area contributed by atoms with Gasteiger partial charge in [0.05, 0.1) is 19.8 Å². The second-order valence-electron chi connectivity index (χ2n) is 19.5. The first-order valence-corrected chi connectivity index (χ1v) is 27.6. The summed E-state index contributed by atoms with van der Waals surface area (Å²) >= 11 is 0. The van der Waals surface area contributed by atoms with Gasteiger partial charge in [0.1, 0.15) is 55.4 Å². The normalized spacial score (nSPS) is 25.6. The molecule has 408 valence electrons. The van der Waals surface area contributed by atoms with Crippen LogP contribution in [0.1, 0.15) is 206 Å². The molecule has 2 saturated heterocycles. The number of esters is 2. The minimum atomic E-state index is -1.78. The van der Waals surface area contributed by atoms with Gasteiger partial charge in [-0.3, -0.25) is 4.79 Å². The Kier molecular flexibility index (Phi) is 38.4. The van der Waals surface area contributed by atoms with Crippen molar-refractivity contribution < 1.29 is 73.8 Å². The van der Waals surface area contributed by atoms with E-state index in [0.717, 1.165) is 38.5 Å². The summed E-state index contributed by atoms with van der Waals surface area (Å²) in [5.41, 5.74) is 0. The van der Waals surface area contributed by atoms with Gasteiger partial charge in [-0.25, -0.2) is 4.79 Å². The summed E-state index contributed by atoms with van der Waals surface area (Å²) in [5.74, 6) is -1.17. The molecular formula is C55H98O15. The first-order chi connectivity index (χ1) is 34.0. The molecule has 0 aromatic carbocycles. The molecule has 7 N–H and O–H groups in total. The third-order valence-electron chi connectivity index (χ3n) is 13.2. The number of aliphatic hydroxyl groups excluding tert-OH is 7. The Morgan fingerprint density at radius 2 is 0.914 bits per heavy atom. The number of carbonyl (C=O) groups excluding carboxylic acids is 2. The van der Waals surface area contributed by atoms with Crippen LogP contribution in [-0.4, -0.2) is 142 Å². The molecule has 0 spiro atoms. The molecule has 0 aromatic heterocycles. The lowest BCUT2D eigenvalue weighted by Crippen LogP contribution is -2.61. The number of unbranched alkanes of at least 4 members (excludes halogenated alkanes) is 26. The smallest absolute Gasteiger partial charge is 0.331 e. The number of hydrogen-bond donors (Lipinski definition) is 7. The van der Waals surface area contributed by atoms with Crippen molar-refractivity contribution in [3.63, 3.8) is 0 Å². The summed E-state index contributed by atoms with van der Waals surface area (Å²) in [6.07, 6.45) is 29.4. The Balaban J connectivity index is 1.80. The van der Waals surface area contributed by atoms with Crippen LogP contribution in [0.25, 0.3) is 0 Å². The van der Waals surface area contributed by atoms with Gasteiger partial charge in [-0.05, 0) is 44.9 Å². The fourth-order valence-corrected chi connectivity index (χ4v) is 8.65. The highest BCUT2D eigenvalue weighted by molar-refractivity contribution is 5.82. The lowest BCUT2D eigenvalue weighted by molar-refractivity contribution is -0.332. The first kappa shape index (κ1) is 63.8. The quantitative estimate of drug-likeness (QED) is 0.00998. The predicted molar refractivity (Wildman–Crippen MR) is 270 cm³/mol. The van der Waals surface area contributed by atoms with Gasteiger partial charge in [0.25, 0.3) is 0 Å². The van der Waals surface area contributed by atoms with Crippen molar-refractivity contribution in [2.75, 3.05) is 26.4 Å². The molecule has 2 heterocycles. The van der Waals surface area contributed by atoms with Crippen molar-refractivity contribution in [3.05, 3.63) is 36.5 Å². The van der Waals surface area contributed by atoms with Crippen LogP contribution >= 0.6 is 0 Å². The van der Waals surface area contributed by atoms with Crippen molar-refractivity contribution in [2.45, 2.75) is 274 Å². The molecule has 0 saturated carbocycles. The average Bonchev–Trinajstić information content (AvgIpc) is 3.35. The van der Waals surface area contributed by atoms with Gasteiger partial charge in [0.15, 0.2) is 18.7 Å². The molecule has 0 radical (unpaired) electrons. The van der Waals surface area contributed by atoms with E-state index < -0.39 is 99.3 Å². The fourth-order valence-electron chi connectivity index (χ4n) is 8.65. The summed E-state index contributed by atoms with van der Waals surface area (Å²) < 4.78 is 33.4. The van der Waals surface area contributed by atoms with E-state index in [1.807, 2.05) is 6.08 Å². The highest BCUT2D eigenvalue weighted by Gasteiger charge is 2.47. The van der Waals surface area contributed by atoms with E-state index in [1.54, 1.807) is 12.2 Å². The van der Waals surface area contributed by atoms with Crippen LogP contribution in [0.4, 0.5) is 0 Å². The van der Waals surface area contributed by atoms with Crippen LogP contribution in [0.15, 0.2) is 36.5 Å². The van der Waals surface area contributed by atoms with Gasteiger partial charge in [0, 0.05) is 12.5 Å². The Labute approximate surface area is 421 Å². The molecule has 0 aliphatic carbocycles. The SMILES string of the molecule is CCCCCCCC/C=C/CCCCCCCCCCCC(=O)OC[C@@H](CO[C@@H]1O[C@H](CO[C@@H]2O[C@H](CO)[C@H](O)C(O)C2O)[C@H](O)C(O)C1O)OC(=O)/C=C/C=C/CCCCCCCCCCCCC. The van der Waals surface area contributed by atoms with Crippen LogP contribution < -0.4 is 0 Å². The molecule has 2 aliphatic heterocycles. The van der Waals surface area contributed by atoms with Crippen molar-refractivity contribution in [1.29, 1.82) is 0 Å². The number of hydrogen-bond acceptors (Lipinski definition) is 15. The fraction of sp³-hybridized carbons (Fsp3) is 0.855. The van der Waals surface area contributed by atoms with Crippen LogP contribution in [-0.2, 0) is 38.0 Å². The molecule has 11 atom stereocenters. The Morgan fingerprint density at radius 3 is 1.41 bits per heavy atom. The largest absolute Gasteiger partial charge is 0.462 e. The first-order valence-electron chi connectivity index (χ1n) is 27.6. The van der Waals surface area contributed by atoms with E-state index in [1.165, 1.54) is 147 Å². The lowest BCUT2D eigenvalue weighted by atomic mass is 9.98. The molecule has 0 amide bonds. The predicted octanol–water partition coefficient (Wildman–Crippen LogP) is 8.49. The Bertz CT molecular complexity index is 1360. The van der Waals surface area contributed by atoms with Crippen LogP contribution in [0.5, 0.6) is 0 Å². The van der Waals surface area contributed by atoms with Crippen LogP contribution in [0, 0.1) is 0 Å². The molecule has 15 heteroatoms. The molecular weight excluding hydrogens is 901 g/mol.